The Morgan fingerprint density at radius 2 is 2.21 bits per heavy atom. The average molecular weight is 256 g/mol. The SMILES string of the molecule is C[C@@H](O)c1ccc(C#N)cc1N(C)Cc1ccco1. The number of aliphatic hydroxyl groups excluding tert-OH is 1. The Morgan fingerprint density at radius 1 is 1.42 bits per heavy atom. The van der Waals surface area contributed by atoms with Gasteiger partial charge in [0.2, 0.25) is 0 Å². The third kappa shape index (κ3) is 2.95. The van der Waals surface area contributed by atoms with E-state index in [1.165, 1.54) is 0 Å². The highest BCUT2D eigenvalue weighted by Gasteiger charge is 2.13. The van der Waals surface area contributed by atoms with Gasteiger partial charge in [0.05, 0.1) is 30.5 Å². The second-order valence-electron chi connectivity index (χ2n) is 4.50. The van der Waals surface area contributed by atoms with Gasteiger partial charge >= 0.3 is 0 Å². The van der Waals surface area contributed by atoms with Crippen LogP contribution in [0.1, 0.15) is 29.9 Å². The van der Waals surface area contributed by atoms with Crippen LogP contribution in [-0.4, -0.2) is 12.2 Å². The number of hydrogen-bond donors (Lipinski definition) is 1. The third-order valence-corrected chi connectivity index (χ3v) is 2.99. The molecule has 0 fully saturated rings. The van der Waals surface area contributed by atoms with Gasteiger partial charge in [0.1, 0.15) is 5.76 Å². The van der Waals surface area contributed by atoms with Crippen LogP contribution >= 0.6 is 0 Å². The molecule has 2 rings (SSSR count). The summed E-state index contributed by atoms with van der Waals surface area (Å²) >= 11 is 0. The summed E-state index contributed by atoms with van der Waals surface area (Å²) in [6.45, 7) is 2.30. The summed E-state index contributed by atoms with van der Waals surface area (Å²) in [5.74, 6) is 0.835. The lowest BCUT2D eigenvalue weighted by Crippen LogP contribution is -2.18. The van der Waals surface area contributed by atoms with Crippen LogP contribution in [0, 0.1) is 11.3 Å². The van der Waals surface area contributed by atoms with Gasteiger partial charge in [0, 0.05) is 18.3 Å². The van der Waals surface area contributed by atoms with Crippen LogP contribution in [-0.2, 0) is 6.54 Å². The Hall–Kier alpha value is -2.25. The Balaban J connectivity index is 2.33. The van der Waals surface area contributed by atoms with E-state index in [2.05, 4.69) is 6.07 Å². The summed E-state index contributed by atoms with van der Waals surface area (Å²) in [7, 11) is 1.91. The highest BCUT2D eigenvalue weighted by molar-refractivity contribution is 5.58. The summed E-state index contributed by atoms with van der Waals surface area (Å²) in [6.07, 6.45) is 1.05. The number of nitrogens with zero attached hydrogens (tertiary/aromatic N) is 2. The lowest BCUT2D eigenvalue weighted by molar-refractivity contribution is 0.199. The predicted octanol–water partition coefficient (Wildman–Crippen LogP) is 2.84. The van der Waals surface area contributed by atoms with Gasteiger partial charge in [-0.15, -0.1) is 0 Å². The van der Waals surface area contributed by atoms with Crippen LogP contribution in [0.15, 0.2) is 41.0 Å². The van der Waals surface area contributed by atoms with Gasteiger partial charge in [-0.3, -0.25) is 0 Å². The van der Waals surface area contributed by atoms with Crippen molar-refractivity contribution in [1.82, 2.24) is 0 Å². The first kappa shape index (κ1) is 13.2. The molecule has 4 nitrogen and oxygen atoms in total. The molecule has 1 aromatic carbocycles. The molecule has 0 aliphatic rings. The topological polar surface area (TPSA) is 60.4 Å². The minimum Gasteiger partial charge on any atom is -0.467 e. The molecule has 1 aromatic heterocycles. The second kappa shape index (κ2) is 5.59. The van der Waals surface area contributed by atoms with E-state index in [0.717, 1.165) is 17.0 Å². The van der Waals surface area contributed by atoms with Crippen molar-refractivity contribution in [3.63, 3.8) is 0 Å². The summed E-state index contributed by atoms with van der Waals surface area (Å²) in [5.41, 5.74) is 2.21. The molecule has 98 valence electrons. The maximum atomic E-state index is 9.81. The van der Waals surface area contributed by atoms with Crippen molar-refractivity contribution < 1.29 is 9.52 Å². The Morgan fingerprint density at radius 3 is 2.79 bits per heavy atom. The molecule has 0 bridgehead atoms. The molecule has 19 heavy (non-hydrogen) atoms. The molecule has 2 aromatic rings. The lowest BCUT2D eigenvalue weighted by Gasteiger charge is -2.23. The van der Waals surface area contributed by atoms with Crippen molar-refractivity contribution in [2.45, 2.75) is 19.6 Å². The molecular formula is C15H16N2O2. The standard InChI is InChI=1S/C15H16N2O2/c1-11(18)14-6-5-12(9-16)8-15(14)17(2)10-13-4-3-7-19-13/h3-8,11,18H,10H2,1-2H3/t11-/m1/s1. The van der Waals surface area contributed by atoms with Gasteiger partial charge in [0.15, 0.2) is 0 Å². The Bertz CT molecular complexity index is 583. The molecule has 4 heteroatoms. The van der Waals surface area contributed by atoms with E-state index >= 15 is 0 Å². The summed E-state index contributed by atoms with van der Waals surface area (Å²) in [6, 6.07) is 11.1. The molecule has 0 aliphatic carbocycles. The van der Waals surface area contributed by atoms with Crippen molar-refractivity contribution in [3.8, 4) is 6.07 Å². The zero-order valence-corrected chi connectivity index (χ0v) is 11.0. The van der Waals surface area contributed by atoms with Crippen LogP contribution in [0.3, 0.4) is 0 Å². The first-order valence-corrected chi connectivity index (χ1v) is 6.07. The summed E-state index contributed by atoms with van der Waals surface area (Å²) in [5, 5.41) is 18.8. The van der Waals surface area contributed by atoms with Gasteiger partial charge < -0.3 is 14.4 Å². The minimum absolute atomic E-state index is 0.575. The molecule has 1 heterocycles. The molecule has 0 saturated heterocycles. The highest BCUT2D eigenvalue weighted by Crippen LogP contribution is 2.28. The largest absolute Gasteiger partial charge is 0.467 e. The first-order valence-electron chi connectivity index (χ1n) is 6.07. The fourth-order valence-electron chi connectivity index (χ4n) is 2.02. The maximum absolute atomic E-state index is 9.81. The molecule has 1 N–H and O–H groups in total. The van der Waals surface area contributed by atoms with Gasteiger partial charge in [-0.1, -0.05) is 6.07 Å². The molecule has 0 saturated carbocycles. The van der Waals surface area contributed by atoms with Crippen LogP contribution in [0.4, 0.5) is 5.69 Å². The zero-order valence-electron chi connectivity index (χ0n) is 11.0. The number of benzene rings is 1. The molecule has 0 unspecified atom stereocenters. The van der Waals surface area contributed by atoms with Crippen molar-refractivity contribution in [1.29, 1.82) is 5.26 Å². The van der Waals surface area contributed by atoms with E-state index in [1.807, 2.05) is 24.1 Å². The maximum Gasteiger partial charge on any atom is 0.123 e. The lowest BCUT2D eigenvalue weighted by atomic mass is 10.0. The number of nitriles is 1. The molecular weight excluding hydrogens is 240 g/mol. The number of aliphatic hydroxyl groups is 1. The number of furan rings is 1. The second-order valence-corrected chi connectivity index (χ2v) is 4.50. The fraction of sp³-hybridized carbons (Fsp3) is 0.267. The van der Waals surface area contributed by atoms with Crippen LogP contribution in [0.2, 0.25) is 0 Å². The van der Waals surface area contributed by atoms with E-state index in [-0.39, 0.29) is 0 Å². The number of anilines is 1. The number of hydrogen-bond acceptors (Lipinski definition) is 4. The van der Waals surface area contributed by atoms with Gasteiger partial charge in [0.25, 0.3) is 0 Å². The van der Waals surface area contributed by atoms with E-state index in [9.17, 15) is 5.11 Å². The Labute approximate surface area is 112 Å². The predicted molar refractivity (Wildman–Crippen MR) is 72.6 cm³/mol. The zero-order chi connectivity index (χ0) is 13.8. The minimum atomic E-state index is -0.582. The van der Waals surface area contributed by atoms with E-state index in [0.29, 0.717) is 12.1 Å². The molecule has 0 radical (unpaired) electrons. The molecule has 1 atom stereocenters. The first-order chi connectivity index (χ1) is 9.11. The van der Waals surface area contributed by atoms with Crippen LogP contribution in [0.25, 0.3) is 0 Å². The Kier molecular flexibility index (Phi) is 3.88. The highest BCUT2D eigenvalue weighted by atomic mass is 16.3. The molecule has 0 amide bonds. The number of rotatable bonds is 4. The van der Waals surface area contributed by atoms with E-state index in [1.54, 1.807) is 31.4 Å². The van der Waals surface area contributed by atoms with Gasteiger partial charge in [-0.2, -0.15) is 5.26 Å². The van der Waals surface area contributed by atoms with Crippen LogP contribution in [0.5, 0.6) is 0 Å². The van der Waals surface area contributed by atoms with Crippen molar-refractivity contribution >= 4 is 5.69 Å². The summed E-state index contributed by atoms with van der Waals surface area (Å²) in [4.78, 5) is 1.96. The van der Waals surface area contributed by atoms with Gasteiger partial charge in [-0.05, 0) is 31.2 Å². The van der Waals surface area contributed by atoms with E-state index in [4.69, 9.17) is 9.68 Å². The van der Waals surface area contributed by atoms with Crippen LogP contribution < -0.4 is 4.90 Å². The smallest absolute Gasteiger partial charge is 0.123 e. The van der Waals surface area contributed by atoms with Crippen molar-refractivity contribution in [2.24, 2.45) is 0 Å². The van der Waals surface area contributed by atoms with Crippen molar-refractivity contribution in [2.75, 3.05) is 11.9 Å². The fourth-order valence-corrected chi connectivity index (χ4v) is 2.02. The van der Waals surface area contributed by atoms with E-state index < -0.39 is 6.10 Å². The normalized spacial score (nSPS) is 11.9. The van der Waals surface area contributed by atoms with Crippen molar-refractivity contribution in [3.05, 3.63) is 53.5 Å². The molecule has 0 aliphatic heterocycles. The molecule has 0 spiro atoms. The quantitative estimate of drug-likeness (QED) is 0.913. The monoisotopic (exact) mass is 256 g/mol. The third-order valence-electron chi connectivity index (χ3n) is 2.99. The summed E-state index contributed by atoms with van der Waals surface area (Å²) < 4.78 is 5.31. The van der Waals surface area contributed by atoms with Gasteiger partial charge in [-0.25, -0.2) is 0 Å². The average Bonchev–Trinajstić information content (AvgIpc) is 2.90.